The molecule has 0 radical (unpaired) electrons. The predicted octanol–water partition coefficient (Wildman–Crippen LogP) is 4.65. The Morgan fingerprint density at radius 3 is 2.31 bits per heavy atom. The van der Waals surface area contributed by atoms with Gasteiger partial charge in [-0.25, -0.2) is 4.39 Å². The van der Waals surface area contributed by atoms with Gasteiger partial charge in [-0.1, -0.05) is 11.3 Å². The van der Waals surface area contributed by atoms with E-state index in [0.29, 0.717) is 65.0 Å². The van der Waals surface area contributed by atoms with Gasteiger partial charge in [-0.05, 0) is 57.2 Å². The summed E-state index contributed by atoms with van der Waals surface area (Å²) >= 11 is 1.21. The second-order valence-electron chi connectivity index (χ2n) is 7.88. The SMILES string of the molecule is CCOc1cc(C(=O)Nc2nnc(C3CC(=O)N(c4ccc(F)cc4)C3)s2)cc(OCC)c1OCC. The zero-order valence-corrected chi connectivity index (χ0v) is 21.1. The highest BCUT2D eigenvalue weighted by atomic mass is 32.1. The molecule has 1 fully saturated rings. The molecule has 2 aromatic carbocycles. The summed E-state index contributed by atoms with van der Waals surface area (Å²) in [5.41, 5.74) is 0.952. The molecule has 0 bridgehead atoms. The fourth-order valence-electron chi connectivity index (χ4n) is 3.88. The van der Waals surface area contributed by atoms with Crippen LogP contribution in [-0.4, -0.2) is 48.4 Å². The molecule has 0 aliphatic carbocycles. The molecule has 0 saturated carbocycles. The van der Waals surface area contributed by atoms with Crippen molar-refractivity contribution in [3.8, 4) is 17.2 Å². The first-order chi connectivity index (χ1) is 17.4. The third-order valence-electron chi connectivity index (χ3n) is 5.44. The Morgan fingerprint density at radius 1 is 1.06 bits per heavy atom. The van der Waals surface area contributed by atoms with Gasteiger partial charge in [-0.3, -0.25) is 14.9 Å². The van der Waals surface area contributed by atoms with Crippen LogP contribution < -0.4 is 24.4 Å². The number of nitrogens with one attached hydrogen (secondary N) is 1. The zero-order chi connectivity index (χ0) is 25.7. The Labute approximate surface area is 212 Å². The quantitative estimate of drug-likeness (QED) is 0.420. The van der Waals surface area contributed by atoms with E-state index in [9.17, 15) is 14.0 Å². The molecule has 1 N–H and O–H groups in total. The van der Waals surface area contributed by atoms with Crippen molar-refractivity contribution >= 4 is 34.0 Å². The lowest BCUT2D eigenvalue weighted by molar-refractivity contribution is -0.117. The number of amides is 2. The van der Waals surface area contributed by atoms with Crippen LogP contribution in [0.4, 0.5) is 15.2 Å². The summed E-state index contributed by atoms with van der Waals surface area (Å²) in [6, 6.07) is 9.00. The summed E-state index contributed by atoms with van der Waals surface area (Å²) in [5, 5.41) is 12.0. The fraction of sp³-hybridized carbons (Fsp3) is 0.360. The van der Waals surface area contributed by atoms with Crippen LogP contribution in [-0.2, 0) is 4.79 Å². The molecule has 1 saturated heterocycles. The average molecular weight is 515 g/mol. The second-order valence-corrected chi connectivity index (χ2v) is 8.89. The molecule has 1 atom stereocenters. The van der Waals surface area contributed by atoms with Crippen molar-refractivity contribution < 1.29 is 28.2 Å². The highest BCUT2D eigenvalue weighted by Crippen LogP contribution is 2.40. The summed E-state index contributed by atoms with van der Waals surface area (Å²) < 4.78 is 30.3. The molecular weight excluding hydrogens is 487 g/mol. The van der Waals surface area contributed by atoms with Gasteiger partial charge in [-0.2, -0.15) is 0 Å². The summed E-state index contributed by atoms with van der Waals surface area (Å²) in [5.74, 6) is 0.267. The van der Waals surface area contributed by atoms with Crippen LogP contribution in [0, 0.1) is 5.82 Å². The number of hydrogen-bond acceptors (Lipinski definition) is 8. The molecule has 2 amide bonds. The topological polar surface area (TPSA) is 103 Å². The Kier molecular flexibility index (Phi) is 7.99. The van der Waals surface area contributed by atoms with E-state index in [1.807, 2.05) is 20.8 Å². The fourth-order valence-corrected chi connectivity index (χ4v) is 4.71. The van der Waals surface area contributed by atoms with Gasteiger partial charge in [-0.15, -0.1) is 10.2 Å². The molecule has 0 spiro atoms. The van der Waals surface area contributed by atoms with Crippen molar-refractivity contribution in [1.29, 1.82) is 0 Å². The third-order valence-corrected chi connectivity index (χ3v) is 6.45. The standard InChI is InChI=1S/C25H27FN4O5S/c1-4-33-19-11-15(12-20(34-5-2)22(19)35-6-3)23(32)27-25-29-28-24(36-25)16-13-21(31)30(14-16)18-9-7-17(26)8-10-18/h7-12,16H,4-6,13-14H2,1-3H3,(H,27,29,32). The first kappa shape index (κ1) is 25.4. The molecule has 36 heavy (non-hydrogen) atoms. The molecule has 1 aromatic heterocycles. The minimum atomic E-state index is -0.405. The van der Waals surface area contributed by atoms with E-state index in [4.69, 9.17) is 14.2 Å². The van der Waals surface area contributed by atoms with Crippen LogP contribution in [0.1, 0.15) is 48.5 Å². The van der Waals surface area contributed by atoms with Gasteiger partial charge >= 0.3 is 0 Å². The predicted molar refractivity (Wildman–Crippen MR) is 134 cm³/mol. The largest absolute Gasteiger partial charge is 0.490 e. The lowest BCUT2D eigenvalue weighted by Gasteiger charge is -2.16. The van der Waals surface area contributed by atoms with Crippen molar-refractivity contribution in [2.45, 2.75) is 33.1 Å². The number of carbonyl (C=O) groups is 2. The lowest BCUT2D eigenvalue weighted by Crippen LogP contribution is -2.24. The number of anilines is 2. The molecule has 9 nitrogen and oxygen atoms in total. The van der Waals surface area contributed by atoms with Crippen molar-refractivity contribution in [2.24, 2.45) is 0 Å². The van der Waals surface area contributed by atoms with Gasteiger partial charge in [0.05, 0.1) is 19.8 Å². The molecule has 190 valence electrons. The number of rotatable bonds is 10. The van der Waals surface area contributed by atoms with Gasteiger partial charge in [0.2, 0.25) is 16.8 Å². The number of aromatic nitrogens is 2. The van der Waals surface area contributed by atoms with Crippen molar-refractivity contribution in [3.63, 3.8) is 0 Å². The van der Waals surface area contributed by atoms with Crippen LogP contribution in [0.3, 0.4) is 0 Å². The van der Waals surface area contributed by atoms with Crippen LogP contribution >= 0.6 is 11.3 Å². The number of hydrogen-bond donors (Lipinski definition) is 1. The maximum absolute atomic E-state index is 13.2. The maximum atomic E-state index is 13.2. The summed E-state index contributed by atoms with van der Waals surface area (Å²) in [6.07, 6.45) is 0.258. The van der Waals surface area contributed by atoms with E-state index in [0.717, 1.165) is 0 Å². The Hall–Kier alpha value is -3.73. The van der Waals surface area contributed by atoms with Crippen LogP contribution in [0.2, 0.25) is 0 Å². The Balaban J connectivity index is 1.49. The highest BCUT2D eigenvalue weighted by Gasteiger charge is 2.34. The minimum Gasteiger partial charge on any atom is -0.490 e. The Morgan fingerprint density at radius 2 is 1.69 bits per heavy atom. The first-order valence-corrected chi connectivity index (χ1v) is 12.5. The van der Waals surface area contributed by atoms with E-state index in [-0.39, 0.29) is 24.1 Å². The second kappa shape index (κ2) is 11.3. The Bertz CT molecular complexity index is 1210. The van der Waals surface area contributed by atoms with Gasteiger partial charge < -0.3 is 19.1 Å². The summed E-state index contributed by atoms with van der Waals surface area (Å²) in [6.45, 7) is 7.16. The van der Waals surface area contributed by atoms with Gasteiger partial charge in [0.1, 0.15) is 10.8 Å². The van der Waals surface area contributed by atoms with Gasteiger partial charge in [0.15, 0.2) is 11.5 Å². The number of carbonyl (C=O) groups excluding carboxylic acids is 2. The number of ether oxygens (including phenoxy) is 3. The monoisotopic (exact) mass is 514 g/mol. The van der Waals surface area contributed by atoms with Crippen molar-refractivity contribution in [3.05, 3.63) is 52.8 Å². The zero-order valence-electron chi connectivity index (χ0n) is 20.2. The minimum absolute atomic E-state index is 0.0753. The average Bonchev–Trinajstić information content (AvgIpc) is 3.48. The lowest BCUT2D eigenvalue weighted by atomic mass is 10.1. The van der Waals surface area contributed by atoms with E-state index in [1.54, 1.807) is 29.2 Å². The molecule has 1 aliphatic heterocycles. The first-order valence-electron chi connectivity index (χ1n) is 11.7. The van der Waals surface area contributed by atoms with Gasteiger partial charge in [0.25, 0.3) is 5.91 Å². The summed E-state index contributed by atoms with van der Waals surface area (Å²) in [4.78, 5) is 27.2. The van der Waals surface area contributed by atoms with Crippen molar-refractivity contribution in [2.75, 3.05) is 36.6 Å². The molecule has 2 heterocycles. The van der Waals surface area contributed by atoms with Crippen LogP contribution in [0.25, 0.3) is 0 Å². The normalized spacial score (nSPS) is 15.2. The molecular formula is C25H27FN4O5S. The number of nitrogens with zero attached hydrogens (tertiary/aromatic N) is 3. The summed E-state index contributed by atoms with van der Waals surface area (Å²) in [7, 11) is 0. The third kappa shape index (κ3) is 5.56. The molecule has 1 aliphatic rings. The number of halogens is 1. The van der Waals surface area contributed by atoms with Crippen molar-refractivity contribution in [1.82, 2.24) is 10.2 Å². The smallest absolute Gasteiger partial charge is 0.257 e. The maximum Gasteiger partial charge on any atom is 0.257 e. The number of benzene rings is 2. The van der Waals surface area contributed by atoms with Crippen LogP contribution in [0.15, 0.2) is 36.4 Å². The molecule has 3 aromatic rings. The van der Waals surface area contributed by atoms with E-state index >= 15 is 0 Å². The van der Waals surface area contributed by atoms with E-state index in [2.05, 4.69) is 15.5 Å². The van der Waals surface area contributed by atoms with E-state index < -0.39 is 5.91 Å². The highest BCUT2D eigenvalue weighted by molar-refractivity contribution is 7.15. The van der Waals surface area contributed by atoms with Gasteiger partial charge in [0, 0.05) is 30.1 Å². The molecule has 11 heteroatoms. The molecule has 1 unspecified atom stereocenters. The van der Waals surface area contributed by atoms with Crippen LogP contribution in [0.5, 0.6) is 17.2 Å². The molecule has 4 rings (SSSR count). The van der Waals surface area contributed by atoms with E-state index in [1.165, 1.54) is 23.5 Å².